The minimum atomic E-state index is -0.163. The van der Waals surface area contributed by atoms with Crippen LogP contribution >= 0.6 is 11.8 Å². The molecule has 0 bridgehead atoms. The molecule has 4 nitrogen and oxygen atoms in total. The van der Waals surface area contributed by atoms with Gasteiger partial charge in [0.1, 0.15) is 0 Å². The summed E-state index contributed by atoms with van der Waals surface area (Å²) in [6.45, 7) is 3.73. The second-order valence-electron chi connectivity index (χ2n) is 3.60. The summed E-state index contributed by atoms with van der Waals surface area (Å²) in [7, 11) is 0. The van der Waals surface area contributed by atoms with E-state index in [1.807, 2.05) is 6.26 Å². The molecule has 0 spiro atoms. The van der Waals surface area contributed by atoms with Gasteiger partial charge in [0.15, 0.2) is 0 Å². The topological polar surface area (TPSA) is 64.3 Å². The Bertz CT molecular complexity index is 201. The number of ether oxygens (including phenoxy) is 1. The standard InChI is InChI=1S/C9H18N2O2S/c1-6(14-2)3-11-9(12)7-4-13-5-8(7)10/h6-8H,3-5,10H2,1-2H3,(H,11,12). The van der Waals surface area contributed by atoms with Crippen LogP contribution in [0.5, 0.6) is 0 Å². The molecule has 1 saturated heterocycles. The minimum absolute atomic E-state index is 0.0240. The minimum Gasteiger partial charge on any atom is -0.379 e. The van der Waals surface area contributed by atoms with Crippen molar-refractivity contribution in [1.82, 2.24) is 5.32 Å². The molecule has 1 amide bonds. The summed E-state index contributed by atoms with van der Waals surface area (Å²) in [6, 6.07) is -0.139. The van der Waals surface area contributed by atoms with E-state index in [1.54, 1.807) is 11.8 Å². The van der Waals surface area contributed by atoms with Gasteiger partial charge in [0.05, 0.1) is 19.1 Å². The van der Waals surface area contributed by atoms with Gasteiger partial charge in [-0.15, -0.1) is 0 Å². The first-order valence-corrected chi connectivity index (χ1v) is 6.07. The van der Waals surface area contributed by atoms with E-state index in [4.69, 9.17) is 10.5 Å². The van der Waals surface area contributed by atoms with Gasteiger partial charge >= 0.3 is 0 Å². The van der Waals surface area contributed by atoms with Crippen LogP contribution in [0.3, 0.4) is 0 Å². The maximum absolute atomic E-state index is 11.6. The average molecular weight is 218 g/mol. The average Bonchev–Trinajstić information content (AvgIpc) is 2.60. The summed E-state index contributed by atoms with van der Waals surface area (Å²) in [5.74, 6) is -0.139. The van der Waals surface area contributed by atoms with Crippen molar-refractivity contribution in [1.29, 1.82) is 0 Å². The van der Waals surface area contributed by atoms with Gasteiger partial charge < -0.3 is 15.8 Å². The third-order valence-electron chi connectivity index (χ3n) is 2.43. The molecule has 3 atom stereocenters. The number of carbonyl (C=O) groups excluding carboxylic acids is 1. The monoisotopic (exact) mass is 218 g/mol. The van der Waals surface area contributed by atoms with Crippen LogP contribution in [0, 0.1) is 5.92 Å². The molecule has 0 radical (unpaired) electrons. The molecule has 1 heterocycles. The lowest BCUT2D eigenvalue weighted by atomic mass is 10.0. The van der Waals surface area contributed by atoms with Crippen LogP contribution in [0.25, 0.3) is 0 Å². The van der Waals surface area contributed by atoms with Gasteiger partial charge in [-0.05, 0) is 6.26 Å². The van der Waals surface area contributed by atoms with Crippen molar-refractivity contribution in [2.45, 2.75) is 18.2 Å². The SMILES string of the molecule is CSC(C)CNC(=O)C1COCC1N. The molecule has 0 aromatic heterocycles. The molecular formula is C9H18N2O2S. The zero-order valence-corrected chi connectivity index (χ0v) is 9.47. The summed E-state index contributed by atoms with van der Waals surface area (Å²) < 4.78 is 5.13. The van der Waals surface area contributed by atoms with E-state index in [-0.39, 0.29) is 17.9 Å². The van der Waals surface area contributed by atoms with Gasteiger partial charge in [0.2, 0.25) is 5.91 Å². The van der Waals surface area contributed by atoms with E-state index in [2.05, 4.69) is 12.2 Å². The zero-order valence-electron chi connectivity index (χ0n) is 8.66. The van der Waals surface area contributed by atoms with Crippen molar-refractivity contribution in [3.8, 4) is 0 Å². The molecule has 3 N–H and O–H groups in total. The number of nitrogens with one attached hydrogen (secondary N) is 1. The van der Waals surface area contributed by atoms with Crippen LogP contribution in [0.4, 0.5) is 0 Å². The van der Waals surface area contributed by atoms with E-state index >= 15 is 0 Å². The molecule has 5 heteroatoms. The Morgan fingerprint density at radius 1 is 1.71 bits per heavy atom. The van der Waals surface area contributed by atoms with Gasteiger partial charge in [-0.25, -0.2) is 0 Å². The fraction of sp³-hybridized carbons (Fsp3) is 0.889. The van der Waals surface area contributed by atoms with E-state index in [0.29, 0.717) is 25.0 Å². The molecule has 82 valence electrons. The molecule has 0 aliphatic carbocycles. The van der Waals surface area contributed by atoms with Crippen LogP contribution in [-0.2, 0) is 9.53 Å². The van der Waals surface area contributed by atoms with Gasteiger partial charge in [0.25, 0.3) is 0 Å². The summed E-state index contributed by atoms with van der Waals surface area (Å²) in [5.41, 5.74) is 5.73. The van der Waals surface area contributed by atoms with Crippen molar-refractivity contribution in [3.63, 3.8) is 0 Å². The van der Waals surface area contributed by atoms with Crippen LogP contribution in [0.2, 0.25) is 0 Å². The Labute approximate surface area is 88.9 Å². The highest BCUT2D eigenvalue weighted by Gasteiger charge is 2.31. The summed E-state index contributed by atoms with van der Waals surface area (Å²) >= 11 is 1.73. The molecule has 1 aliphatic rings. The van der Waals surface area contributed by atoms with E-state index in [1.165, 1.54) is 0 Å². The fourth-order valence-electron chi connectivity index (χ4n) is 1.30. The number of nitrogens with two attached hydrogens (primary N) is 1. The molecule has 0 aromatic rings. The van der Waals surface area contributed by atoms with E-state index in [9.17, 15) is 4.79 Å². The summed E-state index contributed by atoms with van der Waals surface area (Å²) in [6.07, 6.45) is 2.03. The Balaban J connectivity index is 2.27. The maximum Gasteiger partial charge on any atom is 0.227 e. The summed E-state index contributed by atoms with van der Waals surface area (Å²) in [5, 5.41) is 3.33. The molecule has 1 fully saturated rings. The maximum atomic E-state index is 11.6. The fourth-order valence-corrected chi connectivity index (χ4v) is 1.55. The lowest BCUT2D eigenvalue weighted by Crippen LogP contribution is -2.42. The summed E-state index contributed by atoms with van der Waals surface area (Å²) in [4.78, 5) is 11.6. The highest BCUT2D eigenvalue weighted by molar-refractivity contribution is 7.99. The Hall–Kier alpha value is -0.260. The molecule has 1 rings (SSSR count). The number of amides is 1. The predicted molar refractivity (Wildman–Crippen MR) is 58.3 cm³/mol. The van der Waals surface area contributed by atoms with Gasteiger partial charge in [-0.1, -0.05) is 6.92 Å². The second-order valence-corrected chi connectivity index (χ2v) is 4.88. The largest absolute Gasteiger partial charge is 0.379 e. The molecule has 0 aromatic carbocycles. The number of rotatable bonds is 4. The molecule has 0 saturated carbocycles. The third kappa shape index (κ3) is 3.15. The first-order valence-electron chi connectivity index (χ1n) is 4.79. The number of hydrogen-bond acceptors (Lipinski definition) is 4. The van der Waals surface area contributed by atoms with Gasteiger partial charge in [0, 0.05) is 17.8 Å². The number of carbonyl (C=O) groups is 1. The predicted octanol–water partition coefficient (Wildman–Crippen LogP) is -0.172. The Morgan fingerprint density at radius 3 is 2.93 bits per heavy atom. The molecule has 3 unspecified atom stereocenters. The van der Waals surface area contributed by atoms with Crippen molar-refractivity contribution in [2.75, 3.05) is 26.0 Å². The smallest absolute Gasteiger partial charge is 0.227 e. The second kappa shape index (κ2) is 5.58. The third-order valence-corrected chi connectivity index (χ3v) is 3.40. The first kappa shape index (κ1) is 11.8. The lowest BCUT2D eigenvalue weighted by molar-refractivity contribution is -0.125. The van der Waals surface area contributed by atoms with Crippen molar-refractivity contribution < 1.29 is 9.53 Å². The van der Waals surface area contributed by atoms with Crippen LogP contribution < -0.4 is 11.1 Å². The number of thioether (sulfide) groups is 1. The van der Waals surface area contributed by atoms with Crippen molar-refractivity contribution >= 4 is 17.7 Å². The van der Waals surface area contributed by atoms with Crippen molar-refractivity contribution in [2.24, 2.45) is 11.7 Å². The van der Waals surface area contributed by atoms with E-state index in [0.717, 1.165) is 0 Å². The van der Waals surface area contributed by atoms with Gasteiger partial charge in [-0.3, -0.25) is 4.79 Å². The zero-order chi connectivity index (χ0) is 10.6. The highest BCUT2D eigenvalue weighted by Crippen LogP contribution is 2.11. The molecule has 14 heavy (non-hydrogen) atoms. The quantitative estimate of drug-likeness (QED) is 0.687. The first-order chi connectivity index (χ1) is 6.65. The lowest BCUT2D eigenvalue weighted by Gasteiger charge is -2.15. The normalized spacial score (nSPS) is 28.8. The van der Waals surface area contributed by atoms with Crippen molar-refractivity contribution in [3.05, 3.63) is 0 Å². The molecule has 1 aliphatic heterocycles. The van der Waals surface area contributed by atoms with E-state index < -0.39 is 0 Å². The van der Waals surface area contributed by atoms with Crippen LogP contribution in [-0.4, -0.2) is 43.2 Å². The van der Waals surface area contributed by atoms with Crippen LogP contribution in [0.1, 0.15) is 6.92 Å². The van der Waals surface area contributed by atoms with Crippen LogP contribution in [0.15, 0.2) is 0 Å². The number of hydrogen-bond donors (Lipinski definition) is 2. The highest BCUT2D eigenvalue weighted by atomic mass is 32.2. The van der Waals surface area contributed by atoms with Gasteiger partial charge in [-0.2, -0.15) is 11.8 Å². The molecular weight excluding hydrogens is 200 g/mol. The Morgan fingerprint density at radius 2 is 2.43 bits per heavy atom. The Kier molecular flexibility index (Phi) is 4.71.